The molecule has 18 heavy (non-hydrogen) atoms. The first-order chi connectivity index (χ1) is 8.20. The van der Waals surface area contributed by atoms with Crippen LogP contribution in [0.25, 0.3) is 0 Å². The predicted octanol–water partition coefficient (Wildman–Crippen LogP) is 1.06. The zero-order valence-corrected chi connectivity index (χ0v) is 11.2. The molecule has 0 atom stereocenters. The number of thiocarbonyl (C=S) groups is 1. The van der Waals surface area contributed by atoms with Crippen molar-refractivity contribution in [2.75, 3.05) is 23.9 Å². The monoisotopic (exact) mass is 294 g/mol. The number of sulfone groups is 1. The minimum Gasteiger partial charge on any atom is -0.389 e. The maximum Gasteiger partial charge on any atom is 0.150 e. The molecule has 1 rings (SSSR count). The number of hydrogen-bond donors (Lipinski definition) is 2. The van der Waals surface area contributed by atoms with Gasteiger partial charge >= 0.3 is 0 Å². The van der Waals surface area contributed by atoms with Gasteiger partial charge in [-0.1, -0.05) is 12.2 Å². The van der Waals surface area contributed by atoms with E-state index < -0.39 is 27.2 Å². The van der Waals surface area contributed by atoms with E-state index in [0.29, 0.717) is 0 Å². The minimum atomic E-state index is -3.19. The molecule has 0 saturated heterocycles. The number of nitrogens with two attached hydrogens (primary N) is 1. The van der Waals surface area contributed by atoms with Crippen molar-refractivity contribution in [2.45, 2.75) is 0 Å². The summed E-state index contributed by atoms with van der Waals surface area (Å²) in [5.41, 5.74) is 4.94. The first kappa shape index (κ1) is 14.8. The molecule has 0 fully saturated rings. The predicted molar refractivity (Wildman–Crippen MR) is 70.4 cm³/mol. The molecule has 1 aromatic rings. The van der Waals surface area contributed by atoms with E-state index in [1.54, 1.807) is 0 Å². The summed E-state index contributed by atoms with van der Waals surface area (Å²) in [5, 5.41) is 2.39. The van der Waals surface area contributed by atoms with Gasteiger partial charge in [-0.2, -0.15) is 0 Å². The summed E-state index contributed by atoms with van der Waals surface area (Å²) in [4.78, 5) is -0.115. The molecule has 0 heterocycles. The molecular weight excluding hydrogens is 282 g/mol. The number of halogens is 2. The summed E-state index contributed by atoms with van der Waals surface area (Å²) in [5.74, 6) is -1.96. The second kappa shape index (κ2) is 5.57. The smallest absolute Gasteiger partial charge is 0.150 e. The van der Waals surface area contributed by atoms with E-state index in [-0.39, 0.29) is 22.8 Å². The second-order valence-corrected chi connectivity index (χ2v) is 6.44. The van der Waals surface area contributed by atoms with Crippen LogP contribution in [0.3, 0.4) is 0 Å². The van der Waals surface area contributed by atoms with Gasteiger partial charge in [0.15, 0.2) is 0 Å². The lowest BCUT2D eigenvalue weighted by Gasteiger charge is -2.09. The maximum atomic E-state index is 13.5. The summed E-state index contributed by atoms with van der Waals surface area (Å²) < 4.78 is 48.8. The molecule has 1 aromatic carbocycles. The topological polar surface area (TPSA) is 72.2 Å². The van der Waals surface area contributed by atoms with Gasteiger partial charge in [0.1, 0.15) is 32.1 Å². The van der Waals surface area contributed by atoms with Gasteiger partial charge in [-0.05, 0) is 12.1 Å². The molecule has 0 unspecified atom stereocenters. The Bertz CT molecular complexity index is 550. The van der Waals surface area contributed by atoms with Gasteiger partial charge in [0.2, 0.25) is 0 Å². The molecule has 0 bridgehead atoms. The molecule has 0 aliphatic heterocycles. The molecule has 0 aliphatic rings. The Morgan fingerprint density at radius 1 is 1.39 bits per heavy atom. The van der Waals surface area contributed by atoms with E-state index >= 15 is 0 Å². The Labute approximate surface area is 109 Å². The van der Waals surface area contributed by atoms with Crippen molar-refractivity contribution in [1.29, 1.82) is 0 Å². The lowest BCUT2D eigenvalue weighted by Crippen LogP contribution is -2.16. The van der Waals surface area contributed by atoms with Gasteiger partial charge in [0.25, 0.3) is 0 Å². The van der Waals surface area contributed by atoms with Crippen LogP contribution in [-0.2, 0) is 9.84 Å². The minimum absolute atomic E-state index is 0.0775. The summed E-state index contributed by atoms with van der Waals surface area (Å²) in [6.07, 6.45) is 1.04. The van der Waals surface area contributed by atoms with Gasteiger partial charge in [-0.3, -0.25) is 0 Å². The molecule has 100 valence electrons. The summed E-state index contributed by atoms with van der Waals surface area (Å²) in [6, 6.07) is 1.99. The number of hydrogen-bond acceptors (Lipinski definition) is 4. The lowest BCUT2D eigenvalue weighted by atomic mass is 10.2. The van der Waals surface area contributed by atoms with Crippen LogP contribution in [0.1, 0.15) is 5.56 Å². The van der Waals surface area contributed by atoms with Crippen LogP contribution >= 0.6 is 12.2 Å². The van der Waals surface area contributed by atoms with E-state index in [9.17, 15) is 17.2 Å². The molecule has 8 heteroatoms. The Balaban J connectivity index is 2.87. The number of benzene rings is 1. The Morgan fingerprint density at radius 2 is 1.89 bits per heavy atom. The van der Waals surface area contributed by atoms with E-state index in [1.807, 2.05) is 0 Å². The van der Waals surface area contributed by atoms with Crippen LogP contribution < -0.4 is 11.1 Å². The molecule has 0 aromatic heterocycles. The molecular formula is C10H12F2N2O2S2. The average molecular weight is 294 g/mol. The first-order valence-electron chi connectivity index (χ1n) is 4.91. The fourth-order valence-electron chi connectivity index (χ4n) is 1.25. The summed E-state index contributed by atoms with van der Waals surface area (Å²) in [6.45, 7) is -0.0842. The van der Waals surface area contributed by atoms with Crippen LogP contribution in [0.5, 0.6) is 0 Å². The first-order valence-corrected chi connectivity index (χ1v) is 7.38. The van der Waals surface area contributed by atoms with Crippen LogP contribution in [0, 0.1) is 11.6 Å². The van der Waals surface area contributed by atoms with Crippen LogP contribution in [-0.4, -0.2) is 32.0 Å². The SMILES string of the molecule is CS(=O)(=O)CCNc1c(F)cc(C(N)=S)cc1F. The van der Waals surface area contributed by atoms with E-state index in [2.05, 4.69) is 17.5 Å². The van der Waals surface area contributed by atoms with Crippen LogP contribution in [0.2, 0.25) is 0 Å². The second-order valence-electron chi connectivity index (χ2n) is 3.74. The molecule has 0 amide bonds. The van der Waals surface area contributed by atoms with Crippen molar-refractivity contribution in [3.63, 3.8) is 0 Å². The highest BCUT2D eigenvalue weighted by atomic mass is 32.2. The largest absolute Gasteiger partial charge is 0.389 e. The Hall–Kier alpha value is -1.28. The number of nitrogens with one attached hydrogen (secondary N) is 1. The van der Waals surface area contributed by atoms with Crippen molar-refractivity contribution in [1.82, 2.24) is 0 Å². The molecule has 4 nitrogen and oxygen atoms in total. The number of anilines is 1. The highest BCUT2D eigenvalue weighted by molar-refractivity contribution is 7.90. The van der Waals surface area contributed by atoms with E-state index in [1.165, 1.54) is 0 Å². The number of rotatable bonds is 5. The van der Waals surface area contributed by atoms with E-state index in [4.69, 9.17) is 5.73 Å². The molecule has 0 radical (unpaired) electrons. The average Bonchev–Trinajstić information content (AvgIpc) is 2.20. The third-order valence-corrected chi connectivity index (χ3v) is 3.28. The van der Waals surface area contributed by atoms with Gasteiger partial charge in [0.05, 0.1) is 5.75 Å². The highest BCUT2D eigenvalue weighted by Crippen LogP contribution is 2.20. The fraction of sp³-hybridized carbons (Fsp3) is 0.300. The van der Waals surface area contributed by atoms with Gasteiger partial charge in [-0.25, -0.2) is 17.2 Å². The molecule has 3 N–H and O–H groups in total. The molecule has 0 spiro atoms. The molecule has 0 aliphatic carbocycles. The highest BCUT2D eigenvalue weighted by Gasteiger charge is 2.12. The third-order valence-electron chi connectivity index (χ3n) is 2.10. The third kappa shape index (κ3) is 4.19. The Kier molecular flexibility index (Phi) is 4.58. The van der Waals surface area contributed by atoms with Crippen LogP contribution in [0.15, 0.2) is 12.1 Å². The fourth-order valence-corrected chi connectivity index (χ4v) is 1.84. The van der Waals surface area contributed by atoms with Crippen molar-refractivity contribution in [3.8, 4) is 0 Å². The molecule has 0 saturated carbocycles. The zero-order chi connectivity index (χ0) is 13.9. The summed E-state index contributed by atoms with van der Waals surface area (Å²) >= 11 is 4.61. The lowest BCUT2D eigenvalue weighted by molar-refractivity contribution is 0.586. The standard InChI is InChI=1S/C10H12F2N2O2S2/c1-18(15,16)3-2-14-9-7(11)4-6(10(13)17)5-8(9)12/h4-5,14H,2-3H2,1H3,(H2,13,17). The van der Waals surface area contributed by atoms with Gasteiger partial charge < -0.3 is 11.1 Å². The van der Waals surface area contributed by atoms with E-state index in [0.717, 1.165) is 18.4 Å². The van der Waals surface area contributed by atoms with Crippen LogP contribution in [0.4, 0.5) is 14.5 Å². The Morgan fingerprint density at radius 3 is 2.28 bits per heavy atom. The normalized spacial score (nSPS) is 11.3. The maximum absolute atomic E-state index is 13.5. The quantitative estimate of drug-likeness (QED) is 0.794. The van der Waals surface area contributed by atoms with Crippen molar-refractivity contribution < 1.29 is 17.2 Å². The van der Waals surface area contributed by atoms with Crippen molar-refractivity contribution in [2.24, 2.45) is 5.73 Å². The van der Waals surface area contributed by atoms with Crippen molar-refractivity contribution in [3.05, 3.63) is 29.3 Å². The van der Waals surface area contributed by atoms with Gasteiger partial charge in [-0.15, -0.1) is 0 Å². The van der Waals surface area contributed by atoms with Gasteiger partial charge in [0, 0.05) is 18.4 Å². The zero-order valence-electron chi connectivity index (χ0n) is 9.54. The summed E-state index contributed by atoms with van der Waals surface area (Å²) in [7, 11) is -3.19. The van der Waals surface area contributed by atoms with Crippen molar-refractivity contribution >= 4 is 32.7 Å².